The molecule has 0 atom stereocenters. The first kappa shape index (κ1) is 25.1. The van der Waals surface area contributed by atoms with Gasteiger partial charge in [0.15, 0.2) is 12.7 Å². The van der Waals surface area contributed by atoms with E-state index >= 15 is 0 Å². The van der Waals surface area contributed by atoms with E-state index in [0.29, 0.717) is 22.6 Å². The van der Waals surface area contributed by atoms with E-state index in [2.05, 4.69) is 0 Å². The third kappa shape index (κ3) is 4.74. The summed E-state index contributed by atoms with van der Waals surface area (Å²) < 4.78 is 43.9. The number of benzene rings is 2. The molecular formula is C25H20ClF3N3OS3+. The summed E-state index contributed by atoms with van der Waals surface area (Å²) in [6, 6.07) is 10.9. The molecule has 2 aromatic carbocycles. The van der Waals surface area contributed by atoms with Crippen molar-refractivity contribution in [3.63, 3.8) is 0 Å². The van der Waals surface area contributed by atoms with Gasteiger partial charge in [0, 0.05) is 29.1 Å². The lowest BCUT2D eigenvalue weighted by Gasteiger charge is -2.12. The number of rotatable bonds is 4. The Morgan fingerprint density at radius 3 is 2.58 bits per heavy atom. The number of hydrogen-bond acceptors (Lipinski definition) is 5. The van der Waals surface area contributed by atoms with Crippen molar-refractivity contribution >= 4 is 62.8 Å². The molecule has 1 aliphatic heterocycles. The van der Waals surface area contributed by atoms with Crippen molar-refractivity contribution in [1.82, 2.24) is 4.57 Å². The maximum atomic E-state index is 13.4. The fourth-order valence-corrected chi connectivity index (χ4v) is 7.55. The zero-order valence-electron chi connectivity index (χ0n) is 19.2. The Hall–Kier alpha value is -2.53. The molecule has 11 heteroatoms. The Bertz CT molecular complexity index is 1620. The van der Waals surface area contributed by atoms with Crippen LogP contribution in [-0.4, -0.2) is 11.6 Å². The summed E-state index contributed by atoms with van der Waals surface area (Å²) in [6.07, 6.45) is -0.490. The second-order valence-corrected chi connectivity index (χ2v) is 11.5. The molecule has 3 heterocycles. The number of nitrogens with zero attached hydrogens (tertiary/aromatic N) is 3. The monoisotopic (exact) mass is 566 g/mol. The van der Waals surface area contributed by atoms with Crippen LogP contribution >= 0.6 is 46.0 Å². The van der Waals surface area contributed by atoms with E-state index in [9.17, 15) is 18.0 Å². The number of alkyl halides is 3. The van der Waals surface area contributed by atoms with Gasteiger partial charge in [-0.1, -0.05) is 46.8 Å². The van der Waals surface area contributed by atoms with E-state index < -0.39 is 11.7 Å². The van der Waals surface area contributed by atoms with Gasteiger partial charge in [-0.05, 0) is 37.3 Å². The van der Waals surface area contributed by atoms with E-state index in [1.807, 2.05) is 59.3 Å². The van der Waals surface area contributed by atoms with Crippen LogP contribution in [-0.2, 0) is 19.3 Å². The zero-order chi connectivity index (χ0) is 25.6. The fourth-order valence-electron chi connectivity index (χ4n) is 3.96. The summed E-state index contributed by atoms with van der Waals surface area (Å²) in [6.45, 7) is 2.88. The normalized spacial score (nSPS) is 15.6. The largest absolute Gasteiger partial charge is 0.416 e. The molecule has 0 bridgehead atoms. The second-order valence-electron chi connectivity index (χ2n) is 8.11. The van der Waals surface area contributed by atoms with E-state index in [1.165, 1.54) is 46.6 Å². The van der Waals surface area contributed by atoms with Gasteiger partial charge < -0.3 is 4.90 Å². The van der Waals surface area contributed by atoms with Crippen molar-refractivity contribution in [1.29, 1.82) is 0 Å². The Balaban J connectivity index is 1.53. The van der Waals surface area contributed by atoms with Crippen LogP contribution in [0.5, 0.6) is 0 Å². The highest BCUT2D eigenvalue weighted by Gasteiger charge is 2.30. The smallest absolute Gasteiger partial charge is 0.337 e. The summed E-state index contributed by atoms with van der Waals surface area (Å²) in [5.74, 6) is 0. The maximum Gasteiger partial charge on any atom is 0.416 e. The van der Waals surface area contributed by atoms with Gasteiger partial charge in [-0.2, -0.15) is 17.7 Å². The topological polar surface area (TPSA) is 29.1 Å². The molecule has 2 aromatic heterocycles. The van der Waals surface area contributed by atoms with Crippen molar-refractivity contribution in [3.05, 3.63) is 94.7 Å². The third-order valence-corrected chi connectivity index (χ3v) is 9.36. The molecule has 0 unspecified atom stereocenters. The van der Waals surface area contributed by atoms with Gasteiger partial charge in [0.05, 0.1) is 22.7 Å². The van der Waals surface area contributed by atoms with Crippen LogP contribution in [0, 0.1) is 0 Å². The molecule has 0 saturated carbocycles. The summed E-state index contributed by atoms with van der Waals surface area (Å²) in [4.78, 5) is 16.4. The molecule has 0 radical (unpaired) electrons. The Kier molecular flexibility index (Phi) is 6.80. The van der Waals surface area contributed by atoms with Crippen LogP contribution in [0.2, 0.25) is 5.02 Å². The van der Waals surface area contributed by atoms with Gasteiger partial charge in [0.25, 0.3) is 10.6 Å². The Morgan fingerprint density at radius 2 is 1.89 bits per heavy atom. The molecule has 0 spiro atoms. The van der Waals surface area contributed by atoms with Crippen molar-refractivity contribution in [3.8, 4) is 0 Å². The summed E-state index contributed by atoms with van der Waals surface area (Å²) in [5, 5.41) is 4.34. The number of anilines is 1. The highest BCUT2D eigenvalue weighted by Crippen LogP contribution is 2.46. The predicted octanol–water partition coefficient (Wildman–Crippen LogP) is 5.14. The predicted molar refractivity (Wildman–Crippen MR) is 141 cm³/mol. The van der Waals surface area contributed by atoms with Crippen LogP contribution < -0.4 is 24.2 Å². The molecule has 0 saturated heterocycles. The molecule has 36 heavy (non-hydrogen) atoms. The number of thiazole rings is 2. The average molecular weight is 567 g/mol. The summed E-state index contributed by atoms with van der Waals surface area (Å²) >= 11 is 10.6. The summed E-state index contributed by atoms with van der Waals surface area (Å²) in [5.41, 5.74) is 1.06. The molecule has 0 amide bonds. The van der Waals surface area contributed by atoms with Crippen molar-refractivity contribution in [2.75, 3.05) is 11.9 Å². The van der Waals surface area contributed by atoms with E-state index in [-0.39, 0.29) is 5.56 Å². The minimum absolute atomic E-state index is 0.0483. The SMILES string of the molecule is CCn1c(=O)/c(=C2\Sc3cc(Cl)ccc3N2C)s/c1=C\c1scc[n+]1Cc1ccc(C(F)(F)F)cc1. The van der Waals surface area contributed by atoms with Crippen LogP contribution in [0.3, 0.4) is 0 Å². The lowest BCUT2D eigenvalue weighted by atomic mass is 10.1. The standard InChI is InChI=1S/C25H20ClF3N3OS3/c1-3-32-21(36-22(23(32)33)24-30(2)18-9-8-17(26)12-19(18)35-24)13-20-31(10-11-34-20)14-15-4-6-16(7-5-15)25(27,28)29/h4-13H,3,14H2,1-2H3/q+1/b24-22+. The second kappa shape index (κ2) is 9.74. The number of halogens is 4. The molecule has 5 rings (SSSR count). The lowest BCUT2D eigenvalue weighted by molar-refractivity contribution is -0.685. The number of fused-ring (bicyclic) bond motifs is 1. The van der Waals surface area contributed by atoms with Crippen molar-refractivity contribution in [2.24, 2.45) is 0 Å². The molecule has 186 valence electrons. The van der Waals surface area contributed by atoms with Gasteiger partial charge in [0.1, 0.15) is 14.2 Å². The van der Waals surface area contributed by atoms with Crippen molar-refractivity contribution < 1.29 is 17.7 Å². The quantitative estimate of drug-likeness (QED) is 0.321. The molecule has 4 aromatic rings. The summed E-state index contributed by atoms with van der Waals surface area (Å²) in [7, 11) is 1.94. The fraction of sp³-hybridized carbons (Fsp3) is 0.200. The first-order valence-electron chi connectivity index (χ1n) is 11.0. The molecule has 0 fully saturated rings. The van der Waals surface area contributed by atoms with Crippen LogP contribution in [0.25, 0.3) is 11.1 Å². The van der Waals surface area contributed by atoms with Gasteiger partial charge in [-0.25, -0.2) is 0 Å². The Morgan fingerprint density at radius 1 is 1.14 bits per heavy atom. The zero-order valence-corrected chi connectivity index (χ0v) is 22.4. The van der Waals surface area contributed by atoms with E-state index in [1.54, 1.807) is 4.57 Å². The van der Waals surface area contributed by atoms with Crippen LogP contribution in [0.1, 0.15) is 23.1 Å². The molecule has 0 N–H and O–H groups in total. The number of thioether (sulfide) groups is 1. The minimum Gasteiger partial charge on any atom is -0.337 e. The maximum absolute atomic E-state index is 13.4. The third-order valence-electron chi connectivity index (χ3n) is 5.81. The van der Waals surface area contributed by atoms with Gasteiger partial charge in [-0.15, -0.1) is 11.3 Å². The minimum atomic E-state index is -4.36. The Labute approximate surface area is 222 Å². The number of aromatic nitrogens is 2. The molecule has 0 aliphatic carbocycles. The van der Waals surface area contributed by atoms with Crippen molar-refractivity contribution in [2.45, 2.75) is 31.1 Å². The van der Waals surface area contributed by atoms with E-state index in [4.69, 9.17) is 11.6 Å². The van der Waals surface area contributed by atoms with Gasteiger partial charge >= 0.3 is 6.18 Å². The average Bonchev–Trinajstić information content (AvgIpc) is 3.49. The number of hydrogen-bond donors (Lipinski definition) is 0. The highest BCUT2D eigenvalue weighted by molar-refractivity contribution is 8.08. The molecule has 4 nitrogen and oxygen atoms in total. The van der Waals surface area contributed by atoms with Gasteiger partial charge in [0.2, 0.25) is 0 Å². The highest BCUT2D eigenvalue weighted by atomic mass is 35.5. The lowest BCUT2D eigenvalue weighted by Crippen LogP contribution is -2.36. The van der Waals surface area contributed by atoms with Crippen LogP contribution in [0.15, 0.2) is 63.7 Å². The first-order valence-corrected chi connectivity index (χ1v) is 13.8. The first-order chi connectivity index (χ1) is 17.2. The van der Waals surface area contributed by atoms with Gasteiger partial charge in [-0.3, -0.25) is 9.36 Å². The molecular weight excluding hydrogens is 547 g/mol. The molecule has 1 aliphatic rings. The van der Waals surface area contributed by atoms with Crippen LogP contribution in [0.4, 0.5) is 18.9 Å². The van der Waals surface area contributed by atoms with E-state index in [0.717, 1.165) is 43.0 Å².